The Morgan fingerprint density at radius 1 is 0.806 bits per heavy atom. The monoisotopic (exact) mass is 498 g/mol. The van der Waals surface area contributed by atoms with Crippen LogP contribution in [0.2, 0.25) is 5.02 Å². The molecule has 0 radical (unpaired) electrons. The molecule has 0 fully saturated rings. The second-order valence-corrected chi connectivity index (χ2v) is 8.29. The van der Waals surface area contributed by atoms with Crippen molar-refractivity contribution < 1.29 is 19.1 Å². The molecular weight excluding hydrogens is 476 g/mol. The Morgan fingerprint density at radius 2 is 1.42 bits per heavy atom. The lowest BCUT2D eigenvalue weighted by atomic mass is 10.1. The van der Waals surface area contributed by atoms with Crippen LogP contribution in [0.3, 0.4) is 0 Å². The second-order valence-electron chi connectivity index (χ2n) is 7.85. The van der Waals surface area contributed by atoms with Crippen LogP contribution in [-0.4, -0.2) is 24.2 Å². The lowest BCUT2D eigenvalue weighted by molar-refractivity contribution is -0.127. The summed E-state index contributed by atoms with van der Waals surface area (Å²) in [4.78, 5) is 24.5. The van der Waals surface area contributed by atoms with Crippen LogP contribution in [0.25, 0.3) is 11.1 Å². The van der Waals surface area contributed by atoms with Gasteiger partial charge in [0, 0.05) is 5.02 Å². The maximum absolute atomic E-state index is 12.3. The average Bonchev–Trinajstić information content (AvgIpc) is 2.91. The first kappa shape index (κ1) is 24.7. The number of benzene rings is 4. The van der Waals surface area contributed by atoms with Crippen LogP contribution in [0, 0.1) is 0 Å². The van der Waals surface area contributed by atoms with Gasteiger partial charge in [0.25, 0.3) is 5.91 Å². The molecule has 0 unspecified atom stereocenters. The summed E-state index contributed by atoms with van der Waals surface area (Å²) >= 11 is 5.84. The van der Waals surface area contributed by atoms with E-state index in [1.165, 1.54) is 6.21 Å². The van der Waals surface area contributed by atoms with E-state index in [0.29, 0.717) is 27.6 Å². The molecule has 0 spiro atoms. The van der Waals surface area contributed by atoms with Gasteiger partial charge in [0.15, 0.2) is 6.10 Å². The number of rotatable bonds is 8. The van der Waals surface area contributed by atoms with E-state index in [0.717, 1.165) is 11.1 Å². The Labute approximate surface area is 214 Å². The van der Waals surface area contributed by atoms with E-state index in [1.54, 1.807) is 55.5 Å². The Balaban J connectivity index is 1.25. The first-order chi connectivity index (χ1) is 17.5. The summed E-state index contributed by atoms with van der Waals surface area (Å²) in [5, 5.41) is 4.52. The van der Waals surface area contributed by atoms with E-state index < -0.39 is 12.1 Å². The summed E-state index contributed by atoms with van der Waals surface area (Å²) < 4.78 is 11.1. The lowest BCUT2D eigenvalue weighted by Gasteiger charge is -2.13. The molecule has 0 saturated carbocycles. The fraction of sp³-hybridized carbons (Fsp3) is 0.0690. The zero-order chi connectivity index (χ0) is 25.3. The lowest BCUT2D eigenvalue weighted by Crippen LogP contribution is -2.33. The molecule has 0 aliphatic heterocycles. The Bertz CT molecular complexity index is 1340. The predicted molar refractivity (Wildman–Crippen MR) is 141 cm³/mol. The van der Waals surface area contributed by atoms with E-state index in [2.05, 4.69) is 10.5 Å². The van der Waals surface area contributed by atoms with Gasteiger partial charge in [-0.15, -0.1) is 0 Å². The average molecular weight is 499 g/mol. The van der Waals surface area contributed by atoms with E-state index in [4.69, 9.17) is 21.1 Å². The van der Waals surface area contributed by atoms with Gasteiger partial charge < -0.3 is 9.47 Å². The van der Waals surface area contributed by atoms with Crippen molar-refractivity contribution in [2.75, 3.05) is 0 Å². The van der Waals surface area contributed by atoms with Crippen LogP contribution in [0.1, 0.15) is 22.8 Å². The van der Waals surface area contributed by atoms with Gasteiger partial charge in [0.05, 0.1) is 11.8 Å². The molecule has 7 heteroatoms. The molecular formula is C29H23ClN2O4. The number of hydrazone groups is 1. The summed E-state index contributed by atoms with van der Waals surface area (Å²) in [5.74, 6) is 0.109. The zero-order valence-electron chi connectivity index (χ0n) is 19.4. The Hall–Kier alpha value is -4.42. The minimum Gasteiger partial charge on any atom is -0.481 e. The fourth-order valence-corrected chi connectivity index (χ4v) is 3.38. The molecule has 180 valence electrons. The van der Waals surface area contributed by atoms with Crippen LogP contribution in [0.15, 0.2) is 108 Å². The number of nitrogens with one attached hydrogen (secondary N) is 1. The van der Waals surface area contributed by atoms with E-state index in [1.807, 2.05) is 54.6 Å². The largest absolute Gasteiger partial charge is 0.481 e. The molecule has 4 rings (SSSR count). The fourth-order valence-electron chi connectivity index (χ4n) is 3.25. The first-order valence-electron chi connectivity index (χ1n) is 11.2. The van der Waals surface area contributed by atoms with Gasteiger partial charge in [-0.2, -0.15) is 5.10 Å². The molecule has 36 heavy (non-hydrogen) atoms. The topological polar surface area (TPSA) is 77.0 Å². The van der Waals surface area contributed by atoms with Crippen molar-refractivity contribution in [2.45, 2.75) is 13.0 Å². The van der Waals surface area contributed by atoms with Crippen LogP contribution in [0.4, 0.5) is 0 Å². The number of ether oxygens (including phenoxy) is 2. The predicted octanol–water partition coefficient (Wildman–Crippen LogP) is 6.14. The highest BCUT2D eigenvalue weighted by atomic mass is 35.5. The van der Waals surface area contributed by atoms with E-state index in [9.17, 15) is 9.59 Å². The minimum absolute atomic E-state index is 0.382. The third-order valence-electron chi connectivity index (χ3n) is 5.20. The van der Waals surface area contributed by atoms with Gasteiger partial charge >= 0.3 is 5.97 Å². The number of carbonyl (C=O) groups excluding carboxylic acids is 2. The number of amides is 1. The number of nitrogens with zero attached hydrogens (tertiary/aromatic N) is 1. The number of hydrogen-bond donors (Lipinski definition) is 1. The maximum Gasteiger partial charge on any atom is 0.343 e. The van der Waals surface area contributed by atoms with Crippen molar-refractivity contribution in [2.24, 2.45) is 5.10 Å². The number of carbonyl (C=O) groups is 2. The highest BCUT2D eigenvalue weighted by molar-refractivity contribution is 6.30. The van der Waals surface area contributed by atoms with E-state index >= 15 is 0 Å². The van der Waals surface area contributed by atoms with Crippen molar-refractivity contribution in [1.29, 1.82) is 0 Å². The van der Waals surface area contributed by atoms with Crippen molar-refractivity contribution in [1.82, 2.24) is 5.43 Å². The SMILES string of the molecule is C[C@@H](Oc1ccc(-c2ccccc2)cc1)C(=O)N/N=C\c1ccc(OC(=O)c2ccc(Cl)cc2)cc1. The Kier molecular flexibility index (Phi) is 8.11. The maximum atomic E-state index is 12.3. The van der Waals surface area contributed by atoms with Gasteiger partial charge in [-0.1, -0.05) is 54.1 Å². The summed E-state index contributed by atoms with van der Waals surface area (Å²) in [6.45, 7) is 1.65. The highest BCUT2D eigenvalue weighted by Crippen LogP contribution is 2.22. The van der Waals surface area contributed by atoms with Gasteiger partial charge in [-0.25, -0.2) is 10.2 Å². The standard InChI is InChI=1S/C29H23ClN2O4/c1-20(35-26-17-11-23(12-18-26)22-5-3-2-4-6-22)28(33)32-31-19-21-7-15-27(16-8-21)36-29(34)24-9-13-25(30)14-10-24/h2-20H,1H3,(H,32,33)/b31-19-/t20-/m1/s1. The van der Waals surface area contributed by atoms with Crippen molar-refractivity contribution >= 4 is 29.7 Å². The molecule has 1 atom stereocenters. The van der Waals surface area contributed by atoms with Crippen molar-refractivity contribution in [3.63, 3.8) is 0 Å². The highest BCUT2D eigenvalue weighted by Gasteiger charge is 2.14. The molecule has 0 saturated heterocycles. The van der Waals surface area contributed by atoms with Crippen LogP contribution in [0.5, 0.6) is 11.5 Å². The van der Waals surface area contributed by atoms with E-state index in [-0.39, 0.29) is 5.91 Å². The summed E-state index contributed by atoms with van der Waals surface area (Å²) in [6.07, 6.45) is 0.753. The quantitative estimate of drug-likeness (QED) is 0.137. The van der Waals surface area contributed by atoms with Gasteiger partial charge in [-0.3, -0.25) is 4.79 Å². The smallest absolute Gasteiger partial charge is 0.343 e. The molecule has 0 aliphatic carbocycles. The molecule has 0 aromatic heterocycles. The number of hydrogen-bond acceptors (Lipinski definition) is 5. The summed E-state index contributed by atoms with van der Waals surface area (Å²) in [5.41, 5.74) is 5.76. The van der Waals surface area contributed by atoms with Crippen LogP contribution < -0.4 is 14.9 Å². The van der Waals surface area contributed by atoms with Crippen molar-refractivity contribution in [3.8, 4) is 22.6 Å². The van der Waals surface area contributed by atoms with Gasteiger partial charge in [0.2, 0.25) is 0 Å². The third-order valence-corrected chi connectivity index (χ3v) is 5.45. The zero-order valence-corrected chi connectivity index (χ0v) is 20.2. The first-order valence-corrected chi connectivity index (χ1v) is 11.6. The normalized spacial score (nSPS) is 11.6. The molecule has 0 aliphatic rings. The minimum atomic E-state index is -0.737. The number of halogens is 1. The van der Waals surface area contributed by atoms with Crippen molar-refractivity contribution in [3.05, 3.63) is 119 Å². The number of esters is 1. The summed E-state index contributed by atoms with van der Waals surface area (Å²) in [7, 11) is 0. The van der Waals surface area contributed by atoms with Gasteiger partial charge in [-0.05, 0) is 84.3 Å². The Morgan fingerprint density at radius 3 is 2.08 bits per heavy atom. The van der Waals surface area contributed by atoms with Crippen LogP contribution in [-0.2, 0) is 4.79 Å². The molecule has 1 N–H and O–H groups in total. The molecule has 6 nitrogen and oxygen atoms in total. The molecule has 4 aromatic carbocycles. The van der Waals surface area contributed by atoms with Gasteiger partial charge in [0.1, 0.15) is 11.5 Å². The second kappa shape index (κ2) is 11.8. The molecule has 1 amide bonds. The third kappa shape index (κ3) is 6.81. The molecule has 0 bridgehead atoms. The summed E-state index contributed by atoms with van der Waals surface area (Å²) in [6, 6.07) is 30.7. The molecule has 0 heterocycles. The molecule has 4 aromatic rings. The van der Waals surface area contributed by atoms with Crippen LogP contribution >= 0.6 is 11.6 Å².